The molecule has 1 aliphatic rings. The standard InChI is InChI=1S/C24H22N2O.2C2H6/c1-15-12-22(27)24(19-14-26(3)21-11-7-5-9-17(19)21)23(15)18-13-25(2)20-10-6-4-8-16(18)20;2*1-2/h4-11,13-14,23-24H,1,12H2,2-3H3;2*1-2H3. The van der Waals surface area contributed by atoms with Crippen molar-refractivity contribution >= 4 is 27.6 Å². The van der Waals surface area contributed by atoms with Crippen LogP contribution in [-0.2, 0) is 18.9 Å². The van der Waals surface area contributed by atoms with Gasteiger partial charge in [-0.1, -0.05) is 76.2 Å². The van der Waals surface area contributed by atoms with Gasteiger partial charge in [-0.3, -0.25) is 4.79 Å². The Balaban J connectivity index is 0.000000645. The molecule has 1 saturated carbocycles. The van der Waals surface area contributed by atoms with Crippen molar-refractivity contribution in [2.45, 2.75) is 46.0 Å². The van der Waals surface area contributed by atoms with Gasteiger partial charge >= 0.3 is 0 Å². The number of hydrogen-bond acceptors (Lipinski definition) is 1. The highest BCUT2D eigenvalue weighted by Crippen LogP contribution is 2.50. The number of hydrogen-bond donors (Lipinski definition) is 0. The number of carbonyl (C=O) groups excluding carboxylic acids is 1. The molecule has 1 aliphatic carbocycles. The van der Waals surface area contributed by atoms with Crippen LogP contribution in [0.4, 0.5) is 0 Å². The summed E-state index contributed by atoms with van der Waals surface area (Å²) in [6, 6.07) is 16.7. The zero-order valence-electron chi connectivity index (χ0n) is 19.6. The molecule has 162 valence electrons. The lowest BCUT2D eigenvalue weighted by molar-refractivity contribution is -0.118. The van der Waals surface area contributed by atoms with E-state index in [9.17, 15) is 4.79 Å². The van der Waals surface area contributed by atoms with E-state index in [4.69, 9.17) is 0 Å². The summed E-state index contributed by atoms with van der Waals surface area (Å²) in [6.07, 6.45) is 4.77. The van der Waals surface area contributed by atoms with Crippen LogP contribution in [0, 0.1) is 0 Å². The third-order valence-electron chi connectivity index (χ3n) is 6.05. The molecule has 2 aromatic heterocycles. The Morgan fingerprint density at radius 3 is 1.65 bits per heavy atom. The fourth-order valence-corrected chi connectivity index (χ4v) is 4.86. The van der Waals surface area contributed by atoms with Gasteiger partial charge in [0.1, 0.15) is 5.78 Å². The van der Waals surface area contributed by atoms with Gasteiger partial charge in [0.15, 0.2) is 0 Å². The third-order valence-corrected chi connectivity index (χ3v) is 6.05. The summed E-state index contributed by atoms with van der Waals surface area (Å²) in [5, 5.41) is 2.38. The van der Waals surface area contributed by atoms with Gasteiger partial charge in [-0.25, -0.2) is 0 Å². The molecule has 0 N–H and O–H groups in total. The molecule has 2 aromatic carbocycles. The highest BCUT2D eigenvalue weighted by atomic mass is 16.1. The second kappa shape index (κ2) is 9.38. The number of rotatable bonds is 2. The van der Waals surface area contributed by atoms with Crippen molar-refractivity contribution < 1.29 is 4.79 Å². The SMILES string of the molecule is C=C1CC(=O)C(c2cn(C)c3ccccc23)C1c1cn(C)c2ccccc12.CC.CC. The maximum atomic E-state index is 13.1. The van der Waals surface area contributed by atoms with Crippen LogP contribution >= 0.6 is 0 Å². The minimum atomic E-state index is -0.172. The molecule has 5 rings (SSSR count). The van der Waals surface area contributed by atoms with Gasteiger partial charge in [0.2, 0.25) is 0 Å². The van der Waals surface area contributed by atoms with Crippen LogP contribution in [0.15, 0.2) is 73.1 Å². The largest absolute Gasteiger partial charge is 0.350 e. The first kappa shape index (κ1) is 22.6. The monoisotopic (exact) mass is 414 g/mol. The van der Waals surface area contributed by atoms with Gasteiger partial charge in [-0.2, -0.15) is 0 Å². The van der Waals surface area contributed by atoms with Crippen molar-refractivity contribution in [3.63, 3.8) is 0 Å². The number of fused-ring (bicyclic) bond motifs is 2. The molecule has 0 aliphatic heterocycles. The normalized spacial score (nSPS) is 18.0. The highest BCUT2D eigenvalue weighted by molar-refractivity contribution is 5.99. The van der Waals surface area contributed by atoms with Crippen molar-refractivity contribution in [2.75, 3.05) is 0 Å². The van der Waals surface area contributed by atoms with Crippen LogP contribution in [0.25, 0.3) is 21.8 Å². The fraction of sp³-hybridized carbons (Fsp3) is 0.321. The van der Waals surface area contributed by atoms with E-state index >= 15 is 0 Å². The number of para-hydroxylation sites is 2. The first-order valence-electron chi connectivity index (χ1n) is 11.3. The maximum Gasteiger partial charge on any atom is 0.145 e. The number of nitrogens with zero attached hydrogens (tertiary/aromatic N) is 2. The van der Waals surface area contributed by atoms with Gasteiger partial charge in [-0.15, -0.1) is 0 Å². The molecule has 1 fully saturated rings. The van der Waals surface area contributed by atoms with Crippen LogP contribution in [-0.4, -0.2) is 14.9 Å². The molecule has 0 bridgehead atoms. The molecule has 0 spiro atoms. The number of aryl methyl sites for hydroxylation is 2. The van der Waals surface area contributed by atoms with Crippen molar-refractivity contribution in [2.24, 2.45) is 14.1 Å². The van der Waals surface area contributed by atoms with Gasteiger partial charge in [0.25, 0.3) is 0 Å². The average molecular weight is 415 g/mol. The van der Waals surface area contributed by atoms with Gasteiger partial charge < -0.3 is 9.13 Å². The molecule has 0 radical (unpaired) electrons. The summed E-state index contributed by atoms with van der Waals surface area (Å²) >= 11 is 0. The first-order valence-corrected chi connectivity index (χ1v) is 11.3. The zero-order chi connectivity index (χ0) is 22.7. The summed E-state index contributed by atoms with van der Waals surface area (Å²) in [6.45, 7) is 12.3. The summed E-state index contributed by atoms with van der Waals surface area (Å²) in [5.74, 6) is 0.123. The zero-order valence-corrected chi connectivity index (χ0v) is 19.6. The smallest absolute Gasteiger partial charge is 0.145 e. The topological polar surface area (TPSA) is 26.9 Å². The maximum absolute atomic E-state index is 13.1. The van der Waals surface area contributed by atoms with Crippen molar-refractivity contribution in [3.05, 3.63) is 84.2 Å². The van der Waals surface area contributed by atoms with E-state index in [-0.39, 0.29) is 17.6 Å². The van der Waals surface area contributed by atoms with Crippen LogP contribution in [0.2, 0.25) is 0 Å². The van der Waals surface area contributed by atoms with Crippen molar-refractivity contribution in [1.29, 1.82) is 0 Å². The first-order chi connectivity index (χ1) is 15.1. The third kappa shape index (κ3) is 3.74. The lowest BCUT2D eigenvalue weighted by atomic mass is 9.82. The Morgan fingerprint density at radius 2 is 1.16 bits per heavy atom. The lowest BCUT2D eigenvalue weighted by Gasteiger charge is -2.19. The number of allylic oxidation sites excluding steroid dienone is 1. The Morgan fingerprint density at radius 1 is 0.742 bits per heavy atom. The minimum Gasteiger partial charge on any atom is -0.350 e. The predicted octanol–water partition coefficient (Wildman–Crippen LogP) is 7.12. The van der Waals surface area contributed by atoms with Crippen molar-refractivity contribution in [1.82, 2.24) is 9.13 Å². The van der Waals surface area contributed by atoms with E-state index in [2.05, 4.69) is 71.6 Å². The Labute approximate surface area is 186 Å². The van der Waals surface area contributed by atoms with Crippen LogP contribution in [0.3, 0.4) is 0 Å². The lowest BCUT2D eigenvalue weighted by Crippen LogP contribution is -2.11. The highest BCUT2D eigenvalue weighted by Gasteiger charge is 2.41. The number of carbonyl (C=O) groups is 1. The molecule has 31 heavy (non-hydrogen) atoms. The van der Waals surface area contributed by atoms with E-state index < -0.39 is 0 Å². The van der Waals surface area contributed by atoms with Gasteiger partial charge in [-0.05, 0) is 23.3 Å². The van der Waals surface area contributed by atoms with E-state index in [1.807, 2.05) is 46.9 Å². The Bertz CT molecular complexity index is 1130. The molecule has 0 saturated heterocycles. The number of ketones is 1. The Kier molecular flexibility index (Phi) is 6.84. The Hall–Kier alpha value is -3.07. The number of aromatic nitrogens is 2. The molecular formula is C28H34N2O. The molecular weight excluding hydrogens is 380 g/mol. The van der Waals surface area contributed by atoms with E-state index in [1.165, 1.54) is 21.9 Å². The van der Waals surface area contributed by atoms with Crippen molar-refractivity contribution in [3.8, 4) is 0 Å². The van der Waals surface area contributed by atoms with E-state index in [0.29, 0.717) is 6.42 Å². The minimum absolute atomic E-state index is 0.0226. The molecule has 2 atom stereocenters. The quantitative estimate of drug-likeness (QED) is 0.321. The van der Waals surface area contributed by atoms with E-state index in [0.717, 1.165) is 16.7 Å². The summed E-state index contributed by atoms with van der Waals surface area (Å²) in [5.41, 5.74) is 5.71. The predicted molar refractivity (Wildman–Crippen MR) is 133 cm³/mol. The number of benzene rings is 2. The molecule has 3 heteroatoms. The second-order valence-electron chi connectivity index (χ2n) is 7.68. The van der Waals surface area contributed by atoms with E-state index in [1.54, 1.807) is 0 Å². The average Bonchev–Trinajstić information content (AvgIpc) is 3.42. The molecule has 4 aromatic rings. The van der Waals surface area contributed by atoms with Crippen LogP contribution < -0.4 is 0 Å². The molecule has 2 unspecified atom stereocenters. The summed E-state index contributed by atoms with van der Waals surface area (Å²) in [7, 11) is 4.12. The summed E-state index contributed by atoms with van der Waals surface area (Å²) in [4.78, 5) is 13.1. The molecule has 3 nitrogen and oxygen atoms in total. The molecule has 2 heterocycles. The van der Waals surface area contributed by atoms with Gasteiger partial charge in [0, 0.05) is 60.6 Å². The second-order valence-corrected chi connectivity index (χ2v) is 7.68. The van der Waals surface area contributed by atoms with Gasteiger partial charge in [0.05, 0.1) is 5.92 Å². The summed E-state index contributed by atoms with van der Waals surface area (Å²) < 4.78 is 4.28. The number of Topliss-reactive ketones (excluding diaryl/α,β-unsaturated/α-hetero) is 1. The van der Waals surface area contributed by atoms with Crippen LogP contribution in [0.1, 0.15) is 57.1 Å². The molecule has 0 amide bonds. The fourth-order valence-electron chi connectivity index (χ4n) is 4.86. The van der Waals surface area contributed by atoms with Crippen LogP contribution in [0.5, 0.6) is 0 Å².